The Labute approximate surface area is 151 Å². The molecule has 1 atom stereocenters. The standard InChI is InChI=1S/C20H18ClNO3/c1-12(14-8-7-13-5-3-4-6-15(13)9-14)22-20(24)16-10-17(21)19(23)18(11-16)25-2/h3-12,23H,1-2H3,(H,22,24). The van der Waals surface area contributed by atoms with Crippen molar-refractivity contribution in [3.8, 4) is 11.5 Å². The number of aromatic hydroxyl groups is 1. The molecule has 1 amide bonds. The van der Waals surface area contributed by atoms with Crippen LogP contribution in [0.15, 0.2) is 54.6 Å². The van der Waals surface area contributed by atoms with Crippen LogP contribution in [-0.2, 0) is 0 Å². The van der Waals surface area contributed by atoms with Crippen LogP contribution in [0.5, 0.6) is 11.5 Å². The van der Waals surface area contributed by atoms with Crippen LogP contribution in [0, 0.1) is 0 Å². The van der Waals surface area contributed by atoms with E-state index in [9.17, 15) is 9.90 Å². The van der Waals surface area contributed by atoms with Crippen LogP contribution >= 0.6 is 11.6 Å². The highest BCUT2D eigenvalue weighted by Crippen LogP contribution is 2.35. The van der Waals surface area contributed by atoms with Crippen molar-refractivity contribution in [1.82, 2.24) is 5.32 Å². The van der Waals surface area contributed by atoms with E-state index in [-0.39, 0.29) is 28.5 Å². The van der Waals surface area contributed by atoms with Crippen molar-refractivity contribution in [2.75, 3.05) is 7.11 Å². The fourth-order valence-electron chi connectivity index (χ4n) is 2.70. The van der Waals surface area contributed by atoms with Crippen molar-refractivity contribution in [3.63, 3.8) is 0 Å². The minimum atomic E-state index is -0.291. The number of carbonyl (C=O) groups excluding carboxylic acids is 1. The molecule has 0 spiro atoms. The molecule has 0 saturated carbocycles. The Morgan fingerprint density at radius 2 is 1.84 bits per heavy atom. The lowest BCUT2D eigenvalue weighted by Gasteiger charge is -2.16. The number of amides is 1. The summed E-state index contributed by atoms with van der Waals surface area (Å²) in [4.78, 5) is 12.5. The topological polar surface area (TPSA) is 58.6 Å². The Hall–Kier alpha value is -2.72. The number of nitrogens with one attached hydrogen (secondary N) is 1. The molecule has 1 unspecified atom stereocenters. The first-order valence-electron chi connectivity index (χ1n) is 7.85. The zero-order valence-corrected chi connectivity index (χ0v) is 14.7. The lowest BCUT2D eigenvalue weighted by molar-refractivity contribution is 0.0939. The van der Waals surface area contributed by atoms with Gasteiger partial charge in [0.2, 0.25) is 0 Å². The number of rotatable bonds is 4. The van der Waals surface area contributed by atoms with E-state index < -0.39 is 0 Å². The summed E-state index contributed by atoms with van der Waals surface area (Å²) >= 11 is 5.95. The van der Waals surface area contributed by atoms with Crippen molar-refractivity contribution in [1.29, 1.82) is 0 Å². The number of halogens is 1. The minimum Gasteiger partial charge on any atom is -0.503 e. The van der Waals surface area contributed by atoms with Crippen LogP contribution < -0.4 is 10.1 Å². The van der Waals surface area contributed by atoms with Crippen LogP contribution in [0.3, 0.4) is 0 Å². The van der Waals surface area contributed by atoms with Crippen molar-refractivity contribution in [3.05, 3.63) is 70.7 Å². The molecule has 0 aliphatic carbocycles. The number of phenols is 1. The van der Waals surface area contributed by atoms with Gasteiger partial charge in [-0.05, 0) is 41.5 Å². The summed E-state index contributed by atoms with van der Waals surface area (Å²) in [6.45, 7) is 1.92. The first-order valence-corrected chi connectivity index (χ1v) is 8.23. The summed E-state index contributed by atoms with van der Waals surface area (Å²) < 4.78 is 5.04. The molecule has 0 aliphatic rings. The van der Waals surface area contributed by atoms with Crippen LogP contribution in [0.2, 0.25) is 5.02 Å². The maximum Gasteiger partial charge on any atom is 0.251 e. The summed E-state index contributed by atoms with van der Waals surface area (Å²) in [7, 11) is 1.41. The van der Waals surface area contributed by atoms with Gasteiger partial charge in [0, 0.05) is 5.56 Å². The van der Waals surface area contributed by atoms with Gasteiger partial charge in [0.05, 0.1) is 18.2 Å². The van der Waals surface area contributed by atoms with Crippen LogP contribution in [0.25, 0.3) is 10.8 Å². The molecule has 3 rings (SSSR count). The van der Waals surface area contributed by atoms with Crippen molar-refractivity contribution >= 4 is 28.3 Å². The predicted molar refractivity (Wildman–Crippen MR) is 99.5 cm³/mol. The van der Waals surface area contributed by atoms with Gasteiger partial charge in [0.25, 0.3) is 5.91 Å². The van der Waals surface area contributed by atoms with Gasteiger partial charge in [-0.1, -0.05) is 48.0 Å². The summed E-state index contributed by atoms with van der Waals surface area (Å²) in [6.07, 6.45) is 0. The number of hydrogen-bond donors (Lipinski definition) is 2. The molecule has 25 heavy (non-hydrogen) atoms. The first kappa shape index (κ1) is 17.1. The van der Waals surface area contributed by atoms with E-state index in [1.807, 2.05) is 43.3 Å². The van der Waals surface area contributed by atoms with E-state index in [0.29, 0.717) is 5.56 Å². The number of carbonyl (C=O) groups is 1. The molecule has 0 saturated heterocycles. The lowest BCUT2D eigenvalue weighted by Crippen LogP contribution is -2.26. The largest absolute Gasteiger partial charge is 0.503 e. The van der Waals surface area contributed by atoms with Gasteiger partial charge in [-0.2, -0.15) is 0 Å². The second-order valence-corrected chi connectivity index (χ2v) is 6.22. The van der Waals surface area contributed by atoms with Gasteiger partial charge in [-0.15, -0.1) is 0 Å². The van der Waals surface area contributed by atoms with E-state index in [1.165, 1.54) is 19.2 Å². The predicted octanol–water partition coefficient (Wildman–Crippen LogP) is 4.70. The van der Waals surface area contributed by atoms with E-state index in [0.717, 1.165) is 16.3 Å². The van der Waals surface area contributed by atoms with Crippen molar-refractivity contribution in [2.45, 2.75) is 13.0 Å². The van der Waals surface area contributed by atoms with Gasteiger partial charge >= 0.3 is 0 Å². The zero-order valence-electron chi connectivity index (χ0n) is 13.9. The second-order valence-electron chi connectivity index (χ2n) is 5.81. The lowest BCUT2D eigenvalue weighted by atomic mass is 10.0. The quantitative estimate of drug-likeness (QED) is 0.713. The maximum atomic E-state index is 12.5. The summed E-state index contributed by atoms with van der Waals surface area (Å²) in [6, 6.07) is 16.9. The molecule has 4 nitrogen and oxygen atoms in total. The van der Waals surface area contributed by atoms with Crippen LogP contribution in [0.4, 0.5) is 0 Å². The Bertz CT molecular complexity index is 939. The second kappa shape index (κ2) is 7.03. The fraction of sp³-hybridized carbons (Fsp3) is 0.150. The van der Waals surface area contributed by atoms with Crippen molar-refractivity contribution in [2.24, 2.45) is 0 Å². The fourth-order valence-corrected chi connectivity index (χ4v) is 2.91. The molecule has 5 heteroatoms. The maximum absolute atomic E-state index is 12.5. The summed E-state index contributed by atoms with van der Waals surface area (Å²) in [5.74, 6) is -0.305. The zero-order chi connectivity index (χ0) is 18.0. The number of phenolic OH excluding ortho intramolecular Hbond substituents is 1. The van der Waals surface area contributed by atoms with Gasteiger partial charge in [-0.25, -0.2) is 0 Å². The minimum absolute atomic E-state index is 0.0721. The van der Waals surface area contributed by atoms with Gasteiger partial charge < -0.3 is 15.2 Å². The Kier molecular flexibility index (Phi) is 4.81. The van der Waals surface area contributed by atoms with Gasteiger partial charge in [0.1, 0.15) is 0 Å². The molecule has 3 aromatic carbocycles. The molecular formula is C20H18ClNO3. The monoisotopic (exact) mass is 355 g/mol. The molecule has 0 aromatic heterocycles. The molecule has 2 N–H and O–H groups in total. The van der Waals surface area contributed by atoms with Gasteiger partial charge in [-0.3, -0.25) is 4.79 Å². The molecular weight excluding hydrogens is 338 g/mol. The molecule has 0 radical (unpaired) electrons. The number of hydrogen-bond acceptors (Lipinski definition) is 3. The number of fused-ring (bicyclic) bond motifs is 1. The SMILES string of the molecule is COc1cc(C(=O)NC(C)c2ccc3ccccc3c2)cc(Cl)c1O. The summed E-state index contributed by atoms with van der Waals surface area (Å²) in [5, 5.41) is 15.1. The third-order valence-corrected chi connectivity index (χ3v) is 4.42. The third-order valence-electron chi connectivity index (χ3n) is 4.13. The Morgan fingerprint density at radius 3 is 2.56 bits per heavy atom. The highest BCUT2D eigenvalue weighted by molar-refractivity contribution is 6.32. The number of benzene rings is 3. The van der Waals surface area contributed by atoms with Gasteiger partial charge in [0.15, 0.2) is 11.5 Å². The highest BCUT2D eigenvalue weighted by atomic mass is 35.5. The van der Waals surface area contributed by atoms with E-state index >= 15 is 0 Å². The van der Waals surface area contributed by atoms with Crippen LogP contribution in [-0.4, -0.2) is 18.1 Å². The Balaban J connectivity index is 1.83. The van der Waals surface area contributed by atoms with Crippen molar-refractivity contribution < 1.29 is 14.6 Å². The summed E-state index contributed by atoms with van der Waals surface area (Å²) in [5.41, 5.74) is 1.33. The molecule has 128 valence electrons. The number of methoxy groups -OCH3 is 1. The molecule has 0 bridgehead atoms. The number of ether oxygens (including phenoxy) is 1. The first-order chi connectivity index (χ1) is 12.0. The normalized spacial score (nSPS) is 12.0. The average molecular weight is 356 g/mol. The molecule has 0 aliphatic heterocycles. The van der Waals surface area contributed by atoms with E-state index in [1.54, 1.807) is 0 Å². The molecule has 3 aromatic rings. The third kappa shape index (κ3) is 3.54. The van der Waals surface area contributed by atoms with Crippen LogP contribution in [0.1, 0.15) is 28.9 Å². The van der Waals surface area contributed by atoms with E-state index in [2.05, 4.69) is 11.4 Å². The smallest absolute Gasteiger partial charge is 0.251 e. The Morgan fingerprint density at radius 1 is 1.12 bits per heavy atom. The van der Waals surface area contributed by atoms with E-state index in [4.69, 9.17) is 16.3 Å². The average Bonchev–Trinajstić information content (AvgIpc) is 2.63. The molecule has 0 fully saturated rings. The molecule has 0 heterocycles. The highest BCUT2D eigenvalue weighted by Gasteiger charge is 2.16.